The lowest BCUT2D eigenvalue weighted by Gasteiger charge is -2.12. The summed E-state index contributed by atoms with van der Waals surface area (Å²) in [7, 11) is 0. The van der Waals surface area contributed by atoms with Gasteiger partial charge in [-0.05, 0) is 35.6 Å². The Morgan fingerprint density at radius 3 is 2.31 bits per heavy atom. The zero-order valence-electron chi connectivity index (χ0n) is 9.17. The van der Waals surface area contributed by atoms with Gasteiger partial charge in [0.05, 0.1) is 5.56 Å². The van der Waals surface area contributed by atoms with Crippen LogP contribution in [0.1, 0.15) is 30.5 Å². The van der Waals surface area contributed by atoms with E-state index in [1.165, 1.54) is 0 Å². The standard InChI is InChI=1S/C12H14F3O/c1-8(2)3-9-4-10(7-16)6-11(5-9)12(13,14)15/h4-8,16H,3H2,1-2H3. The van der Waals surface area contributed by atoms with Crippen LogP contribution in [0.4, 0.5) is 13.2 Å². The third kappa shape index (κ3) is 3.52. The van der Waals surface area contributed by atoms with Crippen molar-refractivity contribution in [1.82, 2.24) is 0 Å². The van der Waals surface area contributed by atoms with Gasteiger partial charge in [-0.25, -0.2) is 0 Å². The summed E-state index contributed by atoms with van der Waals surface area (Å²) >= 11 is 0. The molecule has 1 nitrogen and oxygen atoms in total. The van der Waals surface area contributed by atoms with Gasteiger partial charge in [0, 0.05) is 0 Å². The Morgan fingerprint density at radius 1 is 1.25 bits per heavy atom. The second kappa shape index (κ2) is 4.87. The Hall–Kier alpha value is -1.03. The van der Waals surface area contributed by atoms with Gasteiger partial charge in [0.1, 0.15) is 6.61 Å². The normalized spacial score (nSPS) is 12.2. The van der Waals surface area contributed by atoms with E-state index in [2.05, 4.69) is 0 Å². The number of benzene rings is 1. The van der Waals surface area contributed by atoms with Crippen LogP contribution >= 0.6 is 0 Å². The largest absolute Gasteiger partial charge is 0.416 e. The molecule has 0 unspecified atom stereocenters. The molecule has 0 aliphatic carbocycles. The van der Waals surface area contributed by atoms with Crippen LogP contribution < -0.4 is 0 Å². The Balaban J connectivity index is 3.11. The third-order valence-electron chi connectivity index (χ3n) is 2.14. The molecule has 1 radical (unpaired) electrons. The second-order valence-electron chi connectivity index (χ2n) is 4.19. The van der Waals surface area contributed by atoms with Gasteiger partial charge in [-0.1, -0.05) is 19.9 Å². The van der Waals surface area contributed by atoms with Crippen molar-refractivity contribution in [3.05, 3.63) is 41.5 Å². The van der Waals surface area contributed by atoms with Crippen LogP contribution in [0, 0.1) is 12.5 Å². The van der Waals surface area contributed by atoms with E-state index < -0.39 is 11.7 Å². The molecule has 0 saturated carbocycles. The number of alkyl halides is 3. The molecule has 1 rings (SSSR count). The highest BCUT2D eigenvalue weighted by molar-refractivity contribution is 5.34. The van der Waals surface area contributed by atoms with Crippen LogP contribution in [0.15, 0.2) is 18.2 Å². The SMILES string of the molecule is CC(C)Cc1cc([CH]O)cc(C(F)(F)F)c1. The summed E-state index contributed by atoms with van der Waals surface area (Å²) in [4.78, 5) is 0. The van der Waals surface area contributed by atoms with Crippen LogP contribution in [0.3, 0.4) is 0 Å². The highest BCUT2D eigenvalue weighted by Gasteiger charge is 2.31. The number of hydrogen-bond donors (Lipinski definition) is 1. The minimum atomic E-state index is -4.37. The maximum absolute atomic E-state index is 12.5. The van der Waals surface area contributed by atoms with E-state index in [0.717, 1.165) is 12.1 Å². The summed E-state index contributed by atoms with van der Waals surface area (Å²) in [5.74, 6) is 0.273. The second-order valence-corrected chi connectivity index (χ2v) is 4.19. The van der Waals surface area contributed by atoms with Gasteiger partial charge in [-0.3, -0.25) is 0 Å². The molecule has 0 atom stereocenters. The van der Waals surface area contributed by atoms with Crippen LogP contribution in [0.2, 0.25) is 0 Å². The first kappa shape index (κ1) is 13.0. The summed E-state index contributed by atoms with van der Waals surface area (Å²) < 4.78 is 37.6. The molecule has 0 heterocycles. The molecule has 4 heteroatoms. The molecular weight excluding hydrogens is 217 g/mol. The van der Waals surface area contributed by atoms with Crippen molar-refractivity contribution >= 4 is 0 Å². The predicted octanol–water partition coefficient (Wildman–Crippen LogP) is 3.79. The zero-order chi connectivity index (χ0) is 12.3. The summed E-state index contributed by atoms with van der Waals surface area (Å²) in [5, 5.41) is 8.79. The fourth-order valence-electron chi connectivity index (χ4n) is 1.55. The van der Waals surface area contributed by atoms with Gasteiger partial charge in [-0.2, -0.15) is 13.2 Å². The predicted molar refractivity (Wildman–Crippen MR) is 55.3 cm³/mol. The van der Waals surface area contributed by atoms with Crippen molar-refractivity contribution in [3.63, 3.8) is 0 Å². The van der Waals surface area contributed by atoms with Gasteiger partial charge in [0.15, 0.2) is 0 Å². The molecule has 1 aromatic rings. The Kier molecular flexibility index (Phi) is 3.97. The first-order valence-electron chi connectivity index (χ1n) is 5.01. The van der Waals surface area contributed by atoms with Crippen molar-refractivity contribution in [2.75, 3.05) is 0 Å². The van der Waals surface area contributed by atoms with E-state index in [0.29, 0.717) is 18.6 Å². The summed E-state index contributed by atoms with van der Waals surface area (Å²) in [5.41, 5.74) is 0.0570. The highest BCUT2D eigenvalue weighted by Crippen LogP contribution is 2.31. The van der Waals surface area contributed by atoms with E-state index in [-0.39, 0.29) is 11.5 Å². The monoisotopic (exact) mass is 231 g/mol. The smallest absolute Gasteiger partial charge is 0.385 e. The summed E-state index contributed by atoms with van der Waals surface area (Å²) in [6.45, 7) is 4.56. The first-order valence-corrected chi connectivity index (χ1v) is 5.01. The lowest BCUT2D eigenvalue weighted by molar-refractivity contribution is -0.137. The van der Waals surface area contributed by atoms with Crippen molar-refractivity contribution in [2.24, 2.45) is 5.92 Å². The molecule has 0 bridgehead atoms. The minimum Gasteiger partial charge on any atom is -0.385 e. The van der Waals surface area contributed by atoms with Crippen molar-refractivity contribution in [2.45, 2.75) is 26.4 Å². The fourth-order valence-corrected chi connectivity index (χ4v) is 1.55. The fraction of sp³-hybridized carbons (Fsp3) is 0.417. The summed E-state index contributed by atoms with van der Waals surface area (Å²) in [6.07, 6.45) is -3.81. The van der Waals surface area contributed by atoms with Gasteiger partial charge in [-0.15, -0.1) is 0 Å². The lowest BCUT2D eigenvalue weighted by Crippen LogP contribution is -2.07. The van der Waals surface area contributed by atoms with Gasteiger partial charge < -0.3 is 5.11 Å². The minimum absolute atomic E-state index is 0.186. The molecule has 0 saturated heterocycles. The lowest BCUT2D eigenvalue weighted by atomic mass is 9.98. The Morgan fingerprint density at radius 2 is 1.88 bits per heavy atom. The molecule has 89 valence electrons. The Labute approximate surface area is 92.9 Å². The number of hydrogen-bond acceptors (Lipinski definition) is 1. The topological polar surface area (TPSA) is 20.2 Å². The van der Waals surface area contributed by atoms with E-state index in [1.54, 1.807) is 6.07 Å². The molecule has 1 N–H and O–H groups in total. The van der Waals surface area contributed by atoms with Crippen LogP contribution in [-0.2, 0) is 12.6 Å². The molecule has 0 fully saturated rings. The number of halogens is 3. The maximum atomic E-state index is 12.5. The van der Waals surface area contributed by atoms with Crippen molar-refractivity contribution in [3.8, 4) is 0 Å². The van der Waals surface area contributed by atoms with Crippen molar-refractivity contribution in [1.29, 1.82) is 0 Å². The van der Waals surface area contributed by atoms with E-state index in [1.807, 2.05) is 13.8 Å². The van der Waals surface area contributed by atoms with E-state index in [4.69, 9.17) is 5.11 Å². The number of aliphatic hydroxyl groups excluding tert-OH is 1. The van der Waals surface area contributed by atoms with Gasteiger partial charge >= 0.3 is 6.18 Å². The Bertz CT molecular complexity index is 356. The molecule has 0 aliphatic rings. The average Bonchev–Trinajstić information content (AvgIpc) is 2.14. The third-order valence-corrected chi connectivity index (χ3v) is 2.14. The molecule has 0 aromatic heterocycles. The summed E-state index contributed by atoms with van der Waals surface area (Å²) in [6, 6.07) is 3.63. The van der Waals surface area contributed by atoms with Crippen LogP contribution in [-0.4, -0.2) is 5.11 Å². The molecule has 1 aromatic carbocycles. The molecule has 0 aliphatic heterocycles. The van der Waals surface area contributed by atoms with E-state index >= 15 is 0 Å². The molecule has 16 heavy (non-hydrogen) atoms. The first-order chi connectivity index (χ1) is 7.32. The van der Waals surface area contributed by atoms with Crippen molar-refractivity contribution < 1.29 is 18.3 Å². The molecular formula is C12H14F3O. The zero-order valence-corrected chi connectivity index (χ0v) is 9.17. The van der Waals surface area contributed by atoms with Crippen LogP contribution in [0.25, 0.3) is 0 Å². The van der Waals surface area contributed by atoms with Gasteiger partial charge in [0.2, 0.25) is 0 Å². The number of aliphatic hydroxyl groups is 1. The maximum Gasteiger partial charge on any atom is 0.416 e. The van der Waals surface area contributed by atoms with Crippen LogP contribution in [0.5, 0.6) is 0 Å². The highest BCUT2D eigenvalue weighted by atomic mass is 19.4. The van der Waals surface area contributed by atoms with E-state index in [9.17, 15) is 13.2 Å². The molecule has 0 spiro atoms. The van der Waals surface area contributed by atoms with Gasteiger partial charge in [0.25, 0.3) is 0 Å². The average molecular weight is 231 g/mol. The molecule has 0 amide bonds. The quantitative estimate of drug-likeness (QED) is 0.839. The number of rotatable bonds is 3.